The third-order valence-electron chi connectivity index (χ3n) is 4.12. The molecule has 1 fully saturated rings. The number of piperidine rings is 1. The second-order valence-corrected chi connectivity index (χ2v) is 8.44. The normalized spacial score (nSPS) is 20.6. The first-order valence-corrected chi connectivity index (χ1v) is 9.95. The maximum absolute atomic E-state index is 13.5. The summed E-state index contributed by atoms with van der Waals surface area (Å²) in [6.45, 7) is 1.26. The van der Waals surface area contributed by atoms with E-state index in [-0.39, 0.29) is 48.9 Å². The van der Waals surface area contributed by atoms with Crippen LogP contribution in [0.1, 0.15) is 30.7 Å². The van der Waals surface area contributed by atoms with Crippen molar-refractivity contribution in [1.82, 2.24) is 10.6 Å². The molecule has 2 N–H and O–H groups in total. The number of halogens is 3. The van der Waals surface area contributed by atoms with Crippen LogP contribution in [0.5, 0.6) is 0 Å². The second kappa shape index (κ2) is 9.45. The average molecular weight is 397 g/mol. The number of sulfone groups is 1. The van der Waals surface area contributed by atoms with Gasteiger partial charge in [0.1, 0.15) is 9.84 Å². The van der Waals surface area contributed by atoms with Crippen molar-refractivity contribution < 1.29 is 22.0 Å². The number of benzene rings is 1. The molecule has 1 aliphatic rings. The van der Waals surface area contributed by atoms with Crippen molar-refractivity contribution in [3.05, 3.63) is 35.4 Å². The van der Waals surface area contributed by atoms with Crippen LogP contribution in [0.2, 0.25) is 0 Å². The Hall–Kier alpha value is -1.25. The Morgan fingerprint density at radius 1 is 1.32 bits per heavy atom. The fourth-order valence-corrected chi connectivity index (χ4v) is 3.59. The van der Waals surface area contributed by atoms with Gasteiger partial charge in [0.2, 0.25) is 5.91 Å². The highest BCUT2D eigenvalue weighted by atomic mass is 35.5. The van der Waals surface area contributed by atoms with Gasteiger partial charge in [-0.3, -0.25) is 4.79 Å². The zero-order chi connectivity index (χ0) is 17.7. The lowest BCUT2D eigenvalue weighted by Crippen LogP contribution is -2.50. The van der Waals surface area contributed by atoms with E-state index in [2.05, 4.69) is 10.6 Å². The molecule has 1 aromatic carbocycles. The summed E-state index contributed by atoms with van der Waals surface area (Å²) >= 11 is 0. The van der Waals surface area contributed by atoms with Crippen LogP contribution >= 0.6 is 12.4 Å². The standard InChI is InChI=1S/C16H22F2N2O3S.ClH/c1-24(22,23)8-2-3-16(21)20-15-10-19-7-6-12(15)11-4-5-13(17)14(18)9-11;/h4-5,9,12,15,19H,2-3,6-8,10H2,1H3,(H,20,21);1H. The number of amides is 1. The summed E-state index contributed by atoms with van der Waals surface area (Å²) in [5.74, 6) is -2.17. The Kier molecular flexibility index (Phi) is 8.24. The van der Waals surface area contributed by atoms with Gasteiger partial charge in [-0.1, -0.05) is 6.07 Å². The molecule has 0 aromatic heterocycles. The van der Waals surface area contributed by atoms with Crippen molar-refractivity contribution >= 4 is 28.2 Å². The highest BCUT2D eigenvalue weighted by Crippen LogP contribution is 2.27. The van der Waals surface area contributed by atoms with E-state index in [4.69, 9.17) is 0 Å². The molecule has 1 amide bonds. The first-order chi connectivity index (χ1) is 11.3. The van der Waals surface area contributed by atoms with Crippen molar-refractivity contribution in [2.24, 2.45) is 0 Å². The van der Waals surface area contributed by atoms with Gasteiger partial charge in [0.15, 0.2) is 11.6 Å². The highest BCUT2D eigenvalue weighted by Gasteiger charge is 2.28. The Morgan fingerprint density at radius 2 is 2.04 bits per heavy atom. The number of hydrogen-bond acceptors (Lipinski definition) is 4. The Labute approximate surface area is 152 Å². The Bertz CT molecular complexity index is 701. The molecule has 0 bridgehead atoms. The molecule has 1 heterocycles. The Balaban J connectivity index is 0.00000312. The maximum Gasteiger partial charge on any atom is 0.220 e. The number of nitrogens with one attached hydrogen (secondary N) is 2. The molecule has 0 spiro atoms. The molecular formula is C16H23ClF2N2O3S. The molecule has 1 aliphatic heterocycles. The van der Waals surface area contributed by atoms with Gasteiger partial charge in [0, 0.05) is 31.2 Å². The molecule has 5 nitrogen and oxygen atoms in total. The van der Waals surface area contributed by atoms with Crippen LogP contribution in [0.25, 0.3) is 0 Å². The van der Waals surface area contributed by atoms with Gasteiger partial charge >= 0.3 is 0 Å². The van der Waals surface area contributed by atoms with Crippen LogP contribution in [0, 0.1) is 11.6 Å². The lowest BCUT2D eigenvalue weighted by Gasteiger charge is -2.33. The van der Waals surface area contributed by atoms with E-state index in [9.17, 15) is 22.0 Å². The van der Waals surface area contributed by atoms with Gasteiger partial charge in [-0.05, 0) is 37.1 Å². The van der Waals surface area contributed by atoms with E-state index in [1.54, 1.807) is 0 Å². The minimum Gasteiger partial charge on any atom is -0.351 e. The molecule has 25 heavy (non-hydrogen) atoms. The minimum atomic E-state index is -3.09. The third-order valence-corrected chi connectivity index (χ3v) is 5.15. The molecule has 1 aromatic rings. The molecule has 2 rings (SSSR count). The molecule has 2 atom stereocenters. The first-order valence-electron chi connectivity index (χ1n) is 7.89. The summed E-state index contributed by atoms with van der Waals surface area (Å²) < 4.78 is 48.8. The van der Waals surface area contributed by atoms with Gasteiger partial charge in [-0.2, -0.15) is 0 Å². The topological polar surface area (TPSA) is 75.3 Å². The van der Waals surface area contributed by atoms with Crippen LogP contribution < -0.4 is 10.6 Å². The number of hydrogen-bond donors (Lipinski definition) is 2. The third kappa shape index (κ3) is 6.87. The van der Waals surface area contributed by atoms with E-state index in [1.165, 1.54) is 12.1 Å². The predicted molar refractivity (Wildman–Crippen MR) is 94.7 cm³/mol. The van der Waals surface area contributed by atoms with E-state index in [0.29, 0.717) is 18.5 Å². The number of carbonyl (C=O) groups is 1. The van der Waals surface area contributed by atoms with Gasteiger partial charge in [0.05, 0.1) is 5.75 Å². The molecule has 0 radical (unpaired) electrons. The fraction of sp³-hybridized carbons (Fsp3) is 0.562. The van der Waals surface area contributed by atoms with Crippen molar-refractivity contribution in [2.75, 3.05) is 25.1 Å². The van der Waals surface area contributed by atoms with Crippen LogP contribution in [-0.4, -0.2) is 45.5 Å². The summed E-state index contributed by atoms with van der Waals surface area (Å²) in [6.07, 6.45) is 2.21. The van der Waals surface area contributed by atoms with Gasteiger partial charge in [0.25, 0.3) is 0 Å². The number of carbonyl (C=O) groups excluding carboxylic acids is 1. The SMILES string of the molecule is CS(=O)(=O)CCCC(=O)NC1CNCCC1c1ccc(F)c(F)c1.Cl. The summed E-state index contributed by atoms with van der Waals surface area (Å²) in [7, 11) is -3.09. The second-order valence-electron chi connectivity index (χ2n) is 6.18. The lowest BCUT2D eigenvalue weighted by atomic mass is 9.86. The quantitative estimate of drug-likeness (QED) is 0.768. The van der Waals surface area contributed by atoms with Gasteiger partial charge < -0.3 is 10.6 Å². The van der Waals surface area contributed by atoms with Crippen LogP contribution in [0.3, 0.4) is 0 Å². The molecule has 2 unspecified atom stereocenters. The molecule has 9 heteroatoms. The zero-order valence-electron chi connectivity index (χ0n) is 13.9. The van der Waals surface area contributed by atoms with E-state index < -0.39 is 21.5 Å². The van der Waals surface area contributed by atoms with Gasteiger partial charge in [-0.15, -0.1) is 12.4 Å². The van der Waals surface area contributed by atoms with Crippen molar-refractivity contribution in [1.29, 1.82) is 0 Å². The van der Waals surface area contributed by atoms with Crippen LogP contribution in [0.4, 0.5) is 8.78 Å². The van der Waals surface area contributed by atoms with Crippen molar-refractivity contribution in [3.63, 3.8) is 0 Å². The summed E-state index contributed by atoms with van der Waals surface area (Å²) in [5, 5.41) is 6.04. The highest BCUT2D eigenvalue weighted by molar-refractivity contribution is 7.90. The summed E-state index contributed by atoms with van der Waals surface area (Å²) in [5.41, 5.74) is 0.650. The smallest absolute Gasteiger partial charge is 0.220 e. The molecule has 0 aliphatic carbocycles. The van der Waals surface area contributed by atoms with E-state index in [0.717, 1.165) is 18.9 Å². The van der Waals surface area contributed by atoms with Crippen LogP contribution in [0.15, 0.2) is 18.2 Å². The minimum absolute atomic E-state index is 0. The Morgan fingerprint density at radius 3 is 2.68 bits per heavy atom. The molecule has 0 saturated carbocycles. The van der Waals surface area contributed by atoms with Crippen LogP contribution in [-0.2, 0) is 14.6 Å². The predicted octanol–water partition coefficient (Wildman–Crippen LogP) is 1.77. The molecule has 142 valence electrons. The largest absolute Gasteiger partial charge is 0.351 e. The maximum atomic E-state index is 13.5. The van der Waals surface area contributed by atoms with Crippen molar-refractivity contribution in [3.8, 4) is 0 Å². The average Bonchev–Trinajstić information content (AvgIpc) is 2.49. The first kappa shape index (κ1) is 21.8. The molecular weight excluding hydrogens is 374 g/mol. The van der Waals surface area contributed by atoms with E-state index in [1.807, 2.05) is 0 Å². The zero-order valence-corrected chi connectivity index (χ0v) is 15.6. The summed E-state index contributed by atoms with van der Waals surface area (Å²) in [4.78, 5) is 12.0. The fourth-order valence-electron chi connectivity index (χ4n) is 2.93. The molecule has 1 saturated heterocycles. The number of rotatable bonds is 6. The van der Waals surface area contributed by atoms with Gasteiger partial charge in [-0.25, -0.2) is 17.2 Å². The summed E-state index contributed by atoms with van der Waals surface area (Å²) in [6, 6.07) is 3.57. The van der Waals surface area contributed by atoms with Crippen molar-refractivity contribution in [2.45, 2.75) is 31.2 Å². The van der Waals surface area contributed by atoms with E-state index >= 15 is 0 Å². The lowest BCUT2D eigenvalue weighted by molar-refractivity contribution is -0.122. The monoisotopic (exact) mass is 396 g/mol.